The first-order valence-corrected chi connectivity index (χ1v) is 5.22. The average Bonchev–Trinajstić information content (AvgIpc) is 2.25. The molecule has 0 fully saturated rings. The van der Waals surface area contributed by atoms with Crippen molar-refractivity contribution in [3.8, 4) is 0 Å². The molecule has 1 aromatic rings. The van der Waals surface area contributed by atoms with Crippen molar-refractivity contribution in [2.24, 2.45) is 5.73 Å². The van der Waals surface area contributed by atoms with Gasteiger partial charge < -0.3 is 10.6 Å². The smallest absolute Gasteiger partial charge is 0.292 e. The molecule has 88 valence electrons. The van der Waals surface area contributed by atoms with E-state index in [9.17, 15) is 10.1 Å². The van der Waals surface area contributed by atoms with E-state index in [4.69, 9.17) is 5.73 Å². The standard InChI is InChI=1S/C11H17N3O2/c1-9-4-5-10(14(15)16)11(8-9)13(2)7-3-6-12/h4-5,8H,3,6-7,12H2,1-2H3. The van der Waals surface area contributed by atoms with Gasteiger partial charge in [0.25, 0.3) is 5.69 Å². The highest BCUT2D eigenvalue weighted by Crippen LogP contribution is 2.28. The van der Waals surface area contributed by atoms with Crippen LogP contribution in [0.15, 0.2) is 18.2 Å². The molecule has 16 heavy (non-hydrogen) atoms. The number of hydrogen-bond donors (Lipinski definition) is 1. The van der Waals surface area contributed by atoms with Crippen molar-refractivity contribution in [1.82, 2.24) is 0 Å². The van der Waals surface area contributed by atoms with Gasteiger partial charge in [0.1, 0.15) is 5.69 Å². The fourth-order valence-corrected chi connectivity index (χ4v) is 1.54. The van der Waals surface area contributed by atoms with Gasteiger partial charge in [0.2, 0.25) is 0 Å². The van der Waals surface area contributed by atoms with Crippen LogP contribution in [0.2, 0.25) is 0 Å². The lowest BCUT2D eigenvalue weighted by Crippen LogP contribution is -2.22. The Hall–Kier alpha value is -1.62. The molecular weight excluding hydrogens is 206 g/mol. The first-order chi connectivity index (χ1) is 7.56. The van der Waals surface area contributed by atoms with Gasteiger partial charge in [-0.05, 0) is 31.5 Å². The molecule has 0 saturated heterocycles. The number of nitro groups is 1. The van der Waals surface area contributed by atoms with Crippen LogP contribution in [0.3, 0.4) is 0 Å². The Labute approximate surface area is 95.0 Å². The maximum atomic E-state index is 10.9. The second kappa shape index (κ2) is 5.46. The fraction of sp³-hybridized carbons (Fsp3) is 0.455. The molecule has 5 nitrogen and oxygen atoms in total. The highest BCUT2D eigenvalue weighted by Gasteiger charge is 2.16. The van der Waals surface area contributed by atoms with Crippen molar-refractivity contribution >= 4 is 11.4 Å². The van der Waals surface area contributed by atoms with E-state index in [1.54, 1.807) is 12.1 Å². The average molecular weight is 223 g/mol. The molecule has 0 spiro atoms. The Balaban J connectivity index is 2.99. The third-order valence-corrected chi connectivity index (χ3v) is 2.44. The van der Waals surface area contributed by atoms with Gasteiger partial charge in [0.15, 0.2) is 0 Å². The lowest BCUT2D eigenvalue weighted by Gasteiger charge is -2.19. The molecule has 0 atom stereocenters. The first kappa shape index (κ1) is 12.4. The number of anilines is 1. The van der Waals surface area contributed by atoms with Crippen LogP contribution < -0.4 is 10.6 Å². The van der Waals surface area contributed by atoms with Gasteiger partial charge in [-0.25, -0.2) is 0 Å². The molecule has 0 saturated carbocycles. The van der Waals surface area contributed by atoms with E-state index in [0.29, 0.717) is 12.2 Å². The van der Waals surface area contributed by atoms with E-state index in [1.807, 2.05) is 24.9 Å². The molecule has 0 aliphatic heterocycles. The molecule has 5 heteroatoms. The summed E-state index contributed by atoms with van der Waals surface area (Å²) >= 11 is 0. The van der Waals surface area contributed by atoms with E-state index in [2.05, 4.69) is 0 Å². The summed E-state index contributed by atoms with van der Waals surface area (Å²) in [7, 11) is 1.84. The Morgan fingerprint density at radius 1 is 1.50 bits per heavy atom. The number of nitrogens with two attached hydrogens (primary N) is 1. The second-order valence-corrected chi connectivity index (χ2v) is 3.81. The Morgan fingerprint density at radius 3 is 2.75 bits per heavy atom. The summed E-state index contributed by atoms with van der Waals surface area (Å²) in [5, 5.41) is 10.9. The van der Waals surface area contributed by atoms with Crippen LogP contribution >= 0.6 is 0 Å². The van der Waals surface area contributed by atoms with Crippen LogP contribution in [-0.4, -0.2) is 25.1 Å². The third kappa shape index (κ3) is 2.93. The summed E-state index contributed by atoms with van der Waals surface area (Å²) in [6.45, 7) is 3.23. The summed E-state index contributed by atoms with van der Waals surface area (Å²) in [5.74, 6) is 0. The van der Waals surface area contributed by atoms with Crippen molar-refractivity contribution < 1.29 is 4.92 Å². The van der Waals surface area contributed by atoms with Gasteiger partial charge in [0.05, 0.1) is 4.92 Å². The Bertz CT molecular complexity index is 379. The molecule has 0 radical (unpaired) electrons. The maximum absolute atomic E-state index is 10.9. The monoisotopic (exact) mass is 223 g/mol. The van der Waals surface area contributed by atoms with Gasteiger partial charge in [-0.3, -0.25) is 10.1 Å². The normalized spacial score (nSPS) is 10.2. The van der Waals surface area contributed by atoms with Gasteiger partial charge in [-0.15, -0.1) is 0 Å². The topological polar surface area (TPSA) is 72.4 Å². The van der Waals surface area contributed by atoms with Crippen LogP contribution in [0.1, 0.15) is 12.0 Å². The molecule has 1 rings (SSSR count). The molecule has 0 aliphatic rings. The lowest BCUT2D eigenvalue weighted by molar-refractivity contribution is -0.384. The van der Waals surface area contributed by atoms with Crippen molar-refractivity contribution in [1.29, 1.82) is 0 Å². The number of hydrogen-bond acceptors (Lipinski definition) is 4. The molecule has 0 bridgehead atoms. The highest BCUT2D eigenvalue weighted by atomic mass is 16.6. The van der Waals surface area contributed by atoms with Crippen LogP contribution in [0, 0.1) is 17.0 Å². The van der Waals surface area contributed by atoms with Gasteiger partial charge >= 0.3 is 0 Å². The second-order valence-electron chi connectivity index (χ2n) is 3.81. The van der Waals surface area contributed by atoms with E-state index in [-0.39, 0.29) is 10.6 Å². The zero-order valence-corrected chi connectivity index (χ0v) is 9.64. The largest absolute Gasteiger partial charge is 0.369 e. The molecule has 0 heterocycles. The van der Waals surface area contributed by atoms with E-state index >= 15 is 0 Å². The molecule has 0 unspecified atom stereocenters. The Kier molecular flexibility index (Phi) is 4.25. The number of rotatable bonds is 5. The fourth-order valence-electron chi connectivity index (χ4n) is 1.54. The van der Waals surface area contributed by atoms with Crippen molar-refractivity contribution in [2.45, 2.75) is 13.3 Å². The zero-order chi connectivity index (χ0) is 12.1. The minimum atomic E-state index is -0.353. The van der Waals surface area contributed by atoms with Crippen LogP contribution in [0.4, 0.5) is 11.4 Å². The predicted molar refractivity (Wildman–Crippen MR) is 64.8 cm³/mol. The Morgan fingerprint density at radius 2 is 2.19 bits per heavy atom. The number of benzene rings is 1. The molecule has 1 aromatic carbocycles. The molecule has 0 amide bonds. The number of nitro benzene ring substituents is 1. The molecule has 0 aromatic heterocycles. The maximum Gasteiger partial charge on any atom is 0.292 e. The molecular formula is C11H17N3O2. The van der Waals surface area contributed by atoms with Crippen molar-refractivity contribution in [3.05, 3.63) is 33.9 Å². The summed E-state index contributed by atoms with van der Waals surface area (Å²) in [6, 6.07) is 5.12. The van der Waals surface area contributed by atoms with E-state index < -0.39 is 0 Å². The van der Waals surface area contributed by atoms with E-state index in [1.165, 1.54) is 0 Å². The summed E-state index contributed by atoms with van der Waals surface area (Å²) in [6.07, 6.45) is 0.821. The van der Waals surface area contributed by atoms with E-state index in [0.717, 1.165) is 18.5 Å². The minimum absolute atomic E-state index is 0.144. The number of aryl methyl sites for hydroxylation is 1. The quantitative estimate of drug-likeness (QED) is 0.609. The zero-order valence-electron chi connectivity index (χ0n) is 9.64. The minimum Gasteiger partial charge on any atom is -0.369 e. The predicted octanol–water partition coefficient (Wildman–Crippen LogP) is 1.69. The van der Waals surface area contributed by atoms with Gasteiger partial charge in [-0.2, -0.15) is 0 Å². The molecule has 0 aliphatic carbocycles. The van der Waals surface area contributed by atoms with Crippen molar-refractivity contribution in [3.63, 3.8) is 0 Å². The van der Waals surface area contributed by atoms with Crippen LogP contribution in [0.5, 0.6) is 0 Å². The van der Waals surface area contributed by atoms with Gasteiger partial charge in [0, 0.05) is 19.7 Å². The lowest BCUT2D eigenvalue weighted by atomic mass is 10.1. The van der Waals surface area contributed by atoms with Crippen LogP contribution in [-0.2, 0) is 0 Å². The summed E-state index contributed by atoms with van der Waals surface area (Å²) in [5.41, 5.74) is 7.23. The van der Waals surface area contributed by atoms with Crippen LogP contribution in [0.25, 0.3) is 0 Å². The highest BCUT2D eigenvalue weighted by molar-refractivity contribution is 5.64. The van der Waals surface area contributed by atoms with Gasteiger partial charge in [-0.1, -0.05) is 6.07 Å². The number of nitrogens with zero attached hydrogens (tertiary/aromatic N) is 2. The first-order valence-electron chi connectivity index (χ1n) is 5.22. The molecule has 2 N–H and O–H groups in total. The third-order valence-electron chi connectivity index (χ3n) is 2.44. The summed E-state index contributed by atoms with van der Waals surface area (Å²) in [4.78, 5) is 12.4. The SMILES string of the molecule is Cc1ccc([N+](=O)[O-])c(N(C)CCCN)c1. The summed E-state index contributed by atoms with van der Waals surface area (Å²) < 4.78 is 0. The van der Waals surface area contributed by atoms with Crippen molar-refractivity contribution in [2.75, 3.05) is 25.0 Å².